The number of carbonyl (C=O) groups excluding carboxylic acids is 1. The van der Waals surface area contributed by atoms with E-state index >= 15 is 0 Å². The van der Waals surface area contributed by atoms with Crippen LogP contribution in [0.5, 0.6) is 0 Å². The largest absolute Gasteiger partial charge is 0.378 e. The minimum Gasteiger partial charge on any atom is -0.378 e. The Bertz CT molecular complexity index is 743. The standard InChI is InChI=1S/C18H24ClN5O2/c1-2-17-20-5-7-24(17)8-6-21-18(25)22-16-13-14(3-4-15(16)19)23-9-11-26-12-10-23/h3-5,7,13H,2,6,8-12H2,1H3,(H2,21,22,25). The van der Waals surface area contributed by atoms with E-state index in [1.165, 1.54) is 0 Å². The van der Waals surface area contributed by atoms with Gasteiger partial charge in [-0.05, 0) is 18.2 Å². The molecule has 1 aromatic heterocycles. The predicted octanol–water partition coefficient (Wildman–Crippen LogP) is 2.76. The molecular weight excluding hydrogens is 354 g/mol. The van der Waals surface area contributed by atoms with Crippen molar-refractivity contribution >= 4 is 29.0 Å². The minimum atomic E-state index is -0.274. The molecule has 140 valence electrons. The van der Waals surface area contributed by atoms with Gasteiger partial charge in [0.1, 0.15) is 5.82 Å². The molecule has 8 heteroatoms. The predicted molar refractivity (Wildman–Crippen MR) is 103 cm³/mol. The molecule has 2 N–H and O–H groups in total. The third kappa shape index (κ3) is 4.68. The van der Waals surface area contributed by atoms with Gasteiger partial charge in [0, 0.05) is 50.7 Å². The van der Waals surface area contributed by atoms with E-state index in [-0.39, 0.29) is 6.03 Å². The van der Waals surface area contributed by atoms with Crippen molar-refractivity contribution in [3.05, 3.63) is 41.4 Å². The molecule has 0 atom stereocenters. The number of nitrogens with zero attached hydrogens (tertiary/aromatic N) is 3. The van der Waals surface area contributed by atoms with Crippen LogP contribution < -0.4 is 15.5 Å². The van der Waals surface area contributed by atoms with Gasteiger partial charge in [-0.25, -0.2) is 9.78 Å². The number of urea groups is 1. The van der Waals surface area contributed by atoms with Crippen LogP contribution >= 0.6 is 11.6 Å². The first-order chi connectivity index (χ1) is 12.7. The van der Waals surface area contributed by atoms with Crippen molar-refractivity contribution in [2.24, 2.45) is 0 Å². The Morgan fingerprint density at radius 2 is 2.15 bits per heavy atom. The third-order valence-corrected chi connectivity index (χ3v) is 4.66. The molecule has 0 aliphatic carbocycles. The Hall–Kier alpha value is -2.25. The van der Waals surface area contributed by atoms with Gasteiger partial charge in [0.05, 0.1) is 23.9 Å². The van der Waals surface area contributed by atoms with E-state index in [9.17, 15) is 4.79 Å². The van der Waals surface area contributed by atoms with Crippen LogP contribution in [0.15, 0.2) is 30.6 Å². The maximum absolute atomic E-state index is 12.2. The van der Waals surface area contributed by atoms with Gasteiger partial charge in [0.2, 0.25) is 0 Å². The number of nitrogens with one attached hydrogen (secondary N) is 2. The lowest BCUT2D eigenvalue weighted by atomic mass is 10.2. The second-order valence-electron chi connectivity index (χ2n) is 6.03. The van der Waals surface area contributed by atoms with Gasteiger partial charge in [-0.2, -0.15) is 0 Å². The molecule has 1 aromatic carbocycles. The summed E-state index contributed by atoms with van der Waals surface area (Å²) in [5.74, 6) is 1.01. The fourth-order valence-corrected chi connectivity index (χ4v) is 3.11. The summed E-state index contributed by atoms with van der Waals surface area (Å²) in [5, 5.41) is 6.20. The third-order valence-electron chi connectivity index (χ3n) is 4.33. The zero-order valence-electron chi connectivity index (χ0n) is 14.9. The van der Waals surface area contributed by atoms with Gasteiger partial charge in [-0.15, -0.1) is 0 Å². The van der Waals surface area contributed by atoms with Crippen LogP contribution in [0.25, 0.3) is 0 Å². The number of benzene rings is 1. The summed E-state index contributed by atoms with van der Waals surface area (Å²) in [6, 6.07) is 5.39. The summed E-state index contributed by atoms with van der Waals surface area (Å²) in [6.45, 7) is 6.33. The lowest BCUT2D eigenvalue weighted by Gasteiger charge is -2.29. The molecule has 1 saturated heterocycles. The van der Waals surface area contributed by atoms with Crippen molar-refractivity contribution in [3.8, 4) is 0 Å². The van der Waals surface area contributed by atoms with E-state index in [0.717, 1.165) is 31.0 Å². The lowest BCUT2D eigenvalue weighted by molar-refractivity contribution is 0.122. The molecule has 0 spiro atoms. The van der Waals surface area contributed by atoms with Crippen molar-refractivity contribution in [2.45, 2.75) is 19.9 Å². The maximum Gasteiger partial charge on any atom is 0.319 e. The van der Waals surface area contributed by atoms with Crippen molar-refractivity contribution < 1.29 is 9.53 Å². The highest BCUT2D eigenvalue weighted by atomic mass is 35.5. The molecule has 0 bridgehead atoms. The average Bonchev–Trinajstić information content (AvgIpc) is 3.12. The molecule has 0 radical (unpaired) electrons. The molecule has 2 aromatic rings. The van der Waals surface area contributed by atoms with E-state index in [1.54, 1.807) is 12.3 Å². The van der Waals surface area contributed by atoms with Crippen molar-refractivity contribution in [3.63, 3.8) is 0 Å². The number of ether oxygens (including phenoxy) is 1. The first-order valence-electron chi connectivity index (χ1n) is 8.84. The quantitative estimate of drug-likeness (QED) is 0.812. The molecule has 1 aliphatic rings. The fourth-order valence-electron chi connectivity index (χ4n) is 2.94. The summed E-state index contributed by atoms with van der Waals surface area (Å²) in [5.41, 5.74) is 1.63. The van der Waals surface area contributed by atoms with E-state index in [0.29, 0.717) is 37.0 Å². The number of rotatable bonds is 6. The average molecular weight is 378 g/mol. The van der Waals surface area contributed by atoms with Crippen LogP contribution in [0.2, 0.25) is 5.02 Å². The van der Waals surface area contributed by atoms with Crippen LogP contribution in [0, 0.1) is 0 Å². The van der Waals surface area contributed by atoms with Crippen LogP contribution in [0.1, 0.15) is 12.7 Å². The summed E-state index contributed by atoms with van der Waals surface area (Å²) >= 11 is 6.24. The van der Waals surface area contributed by atoms with Crippen molar-refractivity contribution in [1.29, 1.82) is 0 Å². The minimum absolute atomic E-state index is 0.274. The monoisotopic (exact) mass is 377 g/mol. The normalized spacial score (nSPS) is 14.3. The Morgan fingerprint density at radius 1 is 1.35 bits per heavy atom. The van der Waals surface area contributed by atoms with Crippen LogP contribution in [0.3, 0.4) is 0 Å². The number of hydrogen-bond acceptors (Lipinski definition) is 4. The van der Waals surface area contributed by atoms with Gasteiger partial charge in [-0.3, -0.25) is 0 Å². The van der Waals surface area contributed by atoms with Gasteiger partial charge >= 0.3 is 6.03 Å². The number of aromatic nitrogens is 2. The highest BCUT2D eigenvalue weighted by Crippen LogP contribution is 2.28. The summed E-state index contributed by atoms with van der Waals surface area (Å²) < 4.78 is 7.41. The Morgan fingerprint density at radius 3 is 2.92 bits per heavy atom. The van der Waals surface area contributed by atoms with Crippen molar-refractivity contribution in [2.75, 3.05) is 43.1 Å². The summed E-state index contributed by atoms with van der Waals surface area (Å²) in [4.78, 5) is 18.7. The van der Waals surface area contributed by atoms with Gasteiger partial charge in [-0.1, -0.05) is 18.5 Å². The molecule has 7 nitrogen and oxygen atoms in total. The Balaban J connectivity index is 1.54. The van der Waals surface area contributed by atoms with E-state index in [2.05, 4.69) is 27.4 Å². The topological polar surface area (TPSA) is 71.4 Å². The number of imidazole rings is 1. The molecule has 1 fully saturated rings. The van der Waals surface area contributed by atoms with Crippen LogP contribution in [-0.2, 0) is 17.7 Å². The smallest absolute Gasteiger partial charge is 0.319 e. The van der Waals surface area contributed by atoms with Gasteiger partial charge in [0.25, 0.3) is 0 Å². The molecule has 26 heavy (non-hydrogen) atoms. The first-order valence-corrected chi connectivity index (χ1v) is 9.22. The van der Waals surface area contributed by atoms with E-state index < -0.39 is 0 Å². The van der Waals surface area contributed by atoms with E-state index in [1.807, 2.05) is 22.9 Å². The summed E-state index contributed by atoms with van der Waals surface area (Å²) in [7, 11) is 0. The Kier molecular flexibility index (Phi) is 6.35. The SMILES string of the molecule is CCc1nccn1CCNC(=O)Nc1cc(N2CCOCC2)ccc1Cl. The fraction of sp³-hybridized carbons (Fsp3) is 0.444. The Labute approximate surface area is 158 Å². The molecule has 0 unspecified atom stereocenters. The second kappa shape index (κ2) is 8.91. The van der Waals surface area contributed by atoms with Gasteiger partial charge < -0.3 is 24.8 Å². The lowest BCUT2D eigenvalue weighted by Crippen LogP contribution is -2.36. The molecule has 2 heterocycles. The van der Waals surface area contributed by atoms with Crippen LogP contribution in [0.4, 0.5) is 16.2 Å². The molecule has 0 saturated carbocycles. The van der Waals surface area contributed by atoms with Crippen LogP contribution in [-0.4, -0.2) is 48.4 Å². The van der Waals surface area contributed by atoms with E-state index in [4.69, 9.17) is 16.3 Å². The zero-order chi connectivity index (χ0) is 18.4. The molecule has 1 aliphatic heterocycles. The van der Waals surface area contributed by atoms with Gasteiger partial charge in [0.15, 0.2) is 0 Å². The second-order valence-corrected chi connectivity index (χ2v) is 6.44. The number of halogens is 1. The number of amides is 2. The molecular formula is C18H24ClN5O2. The number of aryl methyl sites for hydroxylation is 1. The van der Waals surface area contributed by atoms with Crippen molar-refractivity contribution in [1.82, 2.24) is 14.9 Å². The molecule has 2 amide bonds. The number of hydrogen-bond donors (Lipinski definition) is 2. The molecule has 3 rings (SSSR count). The highest BCUT2D eigenvalue weighted by Gasteiger charge is 2.14. The highest BCUT2D eigenvalue weighted by molar-refractivity contribution is 6.33. The number of carbonyl (C=O) groups is 1. The number of anilines is 2. The zero-order valence-corrected chi connectivity index (χ0v) is 15.6. The first kappa shape index (κ1) is 18.5. The number of morpholine rings is 1. The summed E-state index contributed by atoms with van der Waals surface area (Å²) in [6.07, 6.45) is 4.56. The maximum atomic E-state index is 12.2.